The maximum Gasteiger partial charge on any atom is 0.307 e. The van der Waals surface area contributed by atoms with Crippen LogP contribution in [0.25, 0.3) is 5.57 Å². The Morgan fingerprint density at radius 1 is 1.08 bits per heavy atom. The monoisotopic (exact) mass is 539 g/mol. The maximum atomic E-state index is 13.9. The van der Waals surface area contributed by atoms with Crippen molar-refractivity contribution in [2.75, 3.05) is 19.9 Å². The van der Waals surface area contributed by atoms with E-state index in [2.05, 4.69) is 4.90 Å². The van der Waals surface area contributed by atoms with E-state index in [1.165, 1.54) is 6.92 Å². The SMILES string of the molecule is CC(=O)OC1=C2c3cc4c(cc3CCN3CC(S(=O)(=O)c5ccccc5)CC23C2OC(C)(C)OC12)OCO4. The van der Waals surface area contributed by atoms with Gasteiger partial charge in [-0.1, -0.05) is 18.2 Å². The lowest BCUT2D eigenvalue weighted by Crippen LogP contribution is -2.53. The highest BCUT2D eigenvalue weighted by Crippen LogP contribution is 2.60. The molecule has 4 heterocycles. The van der Waals surface area contributed by atoms with Crippen LogP contribution in [-0.4, -0.2) is 68.0 Å². The van der Waals surface area contributed by atoms with Crippen molar-refractivity contribution in [1.29, 1.82) is 0 Å². The standard InChI is InChI=1S/C28H29NO8S/c1-16(30)35-24-23-20-12-22-21(33-15-34-22)11-17(20)9-10-29-14-19(38(31,32)18-7-5-4-6-8-18)13-28(23,29)26-25(24)36-27(2,3)37-26/h4-8,11-12,19,25-26H,9-10,13-15H2,1-3H3. The minimum Gasteiger partial charge on any atom is -0.454 e. The molecule has 200 valence electrons. The highest BCUT2D eigenvalue weighted by molar-refractivity contribution is 7.92. The first-order valence-electron chi connectivity index (χ1n) is 12.9. The zero-order chi connectivity index (χ0) is 26.4. The number of nitrogens with zero attached hydrogens (tertiary/aromatic N) is 1. The van der Waals surface area contributed by atoms with Crippen LogP contribution in [-0.2, 0) is 35.3 Å². The van der Waals surface area contributed by atoms with E-state index in [0.29, 0.717) is 41.7 Å². The average molecular weight is 540 g/mol. The first-order chi connectivity index (χ1) is 18.1. The van der Waals surface area contributed by atoms with Gasteiger partial charge in [0.2, 0.25) is 6.79 Å². The van der Waals surface area contributed by atoms with Crippen LogP contribution in [0, 0.1) is 0 Å². The van der Waals surface area contributed by atoms with Gasteiger partial charge in [-0.05, 0) is 62.1 Å². The largest absolute Gasteiger partial charge is 0.454 e. The van der Waals surface area contributed by atoms with Gasteiger partial charge in [0, 0.05) is 25.6 Å². The van der Waals surface area contributed by atoms with Crippen molar-refractivity contribution >= 4 is 21.4 Å². The van der Waals surface area contributed by atoms with Crippen molar-refractivity contribution in [3.8, 4) is 11.5 Å². The number of esters is 1. The van der Waals surface area contributed by atoms with Crippen LogP contribution in [0.2, 0.25) is 0 Å². The van der Waals surface area contributed by atoms with Gasteiger partial charge in [0.25, 0.3) is 0 Å². The summed E-state index contributed by atoms with van der Waals surface area (Å²) in [6.07, 6.45) is -0.293. The summed E-state index contributed by atoms with van der Waals surface area (Å²) in [5.74, 6) is 0.255. The van der Waals surface area contributed by atoms with Gasteiger partial charge in [0.15, 0.2) is 27.1 Å². The number of carbonyl (C=O) groups is 1. The summed E-state index contributed by atoms with van der Waals surface area (Å²) in [5.41, 5.74) is 1.73. The number of benzene rings is 2. The molecule has 7 rings (SSSR count). The van der Waals surface area contributed by atoms with Crippen LogP contribution in [0.3, 0.4) is 0 Å². The van der Waals surface area contributed by atoms with Crippen molar-refractivity contribution in [3.05, 3.63) is 59.4 Å². The van der Waals surface area contributed by atoms with Gasteiger partial charge in [-0.2, -0.15) is 0 Å². The summed E-state index contributed by atoms with van der Waals surface area (Å²) in [6, 6.07) is 12.5. The Kier molecular flexibility index (Phi) is 5.11. The zero-order valence-electron chi connectivity index (χ0n) is 21.4. The zero-order valence-corrected chi connectivity index (χ0v) is 22.2. The van der Waals surface area contributed by atoms with Crippen LogP contribution in [0.4, 0.5) is 0 Å². The second kappa shape index (κ2) is 8.05. The molecule has 0 amide bonds. The van der Waals surface area contributed by atoms with Crippen LogP contribution < -0.4 is 9.47 Å². The molecule has 10 heteroatoms. The number of ether oxygens (including phenoxy) is 5. The molecule has 4 atom stereocenters. The number of sulfone groups is 1. The number of hydrogen-bond acceptors (Lipinski definition) is 9. The first-order valence-corrected chi connectivity index (χ1v) is 14.4. The molecule has 2 fully saturated rings. The van der Waals surface area contributed by atoms with Gasteiger partial charge in [0.05, 0.1) is 15.7 Å². The third kappa shape index (κ3) is 3.33. The summed E-state index contributed by atoms with van der Waals surface area (Å²) in [5, 5.41) is -0.680. The van der Waals surface area contributed by atoms with Crippen molar-refractivity contribution in [3.63, 3.8) is 0 Å². The van der Waals surface area contributed by atoms with Gasteiger partial charge < -0.3 is 23.7 Å². The Hall–Kier alpha value is -2.92. The highest BCUT2D eigenvalue weighted by atomic mass is 32.2. The van der Waals surface area contributed by atoms with E-state index >= 15 is 0 Å². The predicted octanol–water partition coefficient (Wildman–Crippen LogP) is 3.07. The third-order valence-corrected chi connectivity index (χ3v) is 10.4. The van der Waals surface area contributed by atoms with Crippen LogP contribution >= 0.6 is 0 Å². The van der Waals surface area contributed by atoms with E-state index in [1.807, 2.05) is 26.0 Å². The minimum atomic E-state index is -3.65. The second-order valence-electron chi connectivity index (χ2n) is 11.0. The Balaban J connectivity index is 1.45. The molecule has 5 aliphatic rings. The molecule has 0 saturated carbocycles. The quantitative estimate of drug-likeness (QED) is 0.545. The fourth-order valence-electron chi connectivity index (χ4n) is 6.92. The number of carbonyl (C=O) groups excluding carboxylic acids is 1. The molecular weight excluding hydrogens is 510 g/mol. The topological polar surface area (TPSA) is 101 Å². The molecule has 0 aromatic heterocycles. The summed E-state index contributed by atoms with van der Waals surface area (Å²) in [7, 11) is -3.65. The van der Waals surface area contributed by atoms with E-state index in [-0.39, 0.29) is 13.2 Å². The van der Waals surface area contributed by atoms with Gasteiger partial charge in [-0.3, -0.25) is 9.69 Å². The molecule has 0 bridgehead atoms. The third-order valence-electron chi connectivity index (χ3n) is 8.32. The average Bonchev–Trinajstić information content (AvgIpc) is 3.59. The fraction of sp³-hybridized carbons (Fsp3) is 0.464. The molecule has 0 radical (unpaired) electrons. The normalized spacial score (nSPS) is 30.9. The lowest BCUT2D eigenvalue weighted by Gasteiger charge is -2.40. The highest BCUT2D eigenvalue weighted by Gasteiger charge is 2.69. The molecule has 4 aliphatic heterocycles. The number of hydrogen-bond donors (Lipinski definition) is 0. The number of rotatable bonds is 3. The second-order valence-corrected chi connectivity index (χ2v) is 13.2. The predicted molar refractivity (Wildman–Crippen MR) is 135 cm³/mol. The van der Waals surface area contributed by atoms with Crippen molar-refractivity contribution < 1.29 is 36.9 Å². The summed E-state index contributed by atoms with van der Waals surface area (Å²) in [6.45, 7) is 6.06. The van der Waals surface area contributed by atoms with Crippen LogP contribution in [0.1, 0.15) is 38.3 Å². The molecule has 1 spiro atoms. The summed E-state index contributed by atoms with van der Waals surface area (Å²) >= 11 is 0. The van der Waals surface area contributed by atoms with Crippen LogP contribution in [0.15, 0.2) is 53.1 Å². The lowest BCUT2D eigenvalue weighted by atomic mass is 9.81. The van der Waals surface area contributed by atoms with Crippen LogP contribution in [0.5, 0.6) is 11.5 Å². The molecule has 2 saturated heterocycles. The van der Waals surface area contributed by atoms with Gasteiger partial charge in [-0.25, -0.2) is 8.42 Å². The Morgan fingerprint density at radius 3 is 2.55 bits per heavy atom. The Morgan fingerprint density at radius 2 is 1.82 bits per heavy atom. The van der Waals surface area contributed by atoms with E-state index in [4.69, 9.17) is 23.7 Å². The first kappa shape index (κ1) is 24.1. The maximum absolute atomic E-state index is 13.9. The van der Waals surface area contributed by atoms with Gasteiger partial charge in [-0.15, -0.1) is 0 Å². The van der Waals surface area contributed by atoms with E-state index in [0.717, 1.165) is 16.7 Å². The van der Waals surface area contributed by atoms with E-state index < -0.39 is 44.6 Å². The minimum absolute atomic E-state index is 0.133. The smallest absolute Gasteiger partial charge is 0.307 e. The van der Waals surface area contributed by atoms with Crippen molar-refractivity contribution in [2.24, 2.45) is 0 Å². The van der Waals surface area contributed by atoms with E-state index in [1.54, 1.807) is 30.3 Å². The summed E-state index contributed by atoms with van der Waals surface area (Å²) < 4.78 is 57.9. The molecule has 38 heavy (non-hydrogen) atoms. The lowest BCUT2D eigenvalue weighted by molar-refractivity contribution is -0.159. The molecule has 9 nitrogen and oxygen atoms in total. The van der Waals surface area contributed by atoms with Gasteiger partial charge in [0.1, 0.15) is 18.0 Å². The van der Waals surface area contributed by atoms with E-state index in [9.17, 15) is 13.2 Å². The Labute approximate surface area is 221 Å². The molecule has 0 N–H and O–H groups in total. The molecule has 1 aliphatic carbocycles. The van der Waals surface area contributed by atoms with Crippen molar-refractivity contribution in [2.45, 2.75) is 67.3 Å². The molecular formula is C28H29NO8S. The van der Waals surface area contributed by atoms with Crippen molar-refractivity contribution in [1.82, 2.24) is 4.90 Å². The molecule has 2 aromatic carbocycles. The Bertz CT molecular complexity index is 1480. The molecule has 4 unspecified atom stereocenters. The fourth-order valence-corrected chi connectivity index (χ4v) is 8.69. The molecule has 2 aromatic rings. The number of fused-ring (bicyclic) bond motifs is 4. The summed E-state index contributed by atoms with van der Waals surface area (Å²) in [4.78, 5) is 14.9. The van der Waals surface area contributed by atoms with Gasteiger partial charge >= 0.3 is 5.97 Å².